The van der Waals surface area contributed by atoms with Gasteiger partial charge in [-0.15, -0.1) is 0 Å². The topological polar surface area (TPSA) is 50.5 Å². The number of hydrogen-bond donors (Lipinski definition) is 1. The van der Waals surface area contributed by atoms with E-state index in [-0.39, 0.29) is 18.3 Å². The molecule has 0 saturated carbocycles. The lowest BCUT2D eigenvalue weighted by Gasteiger charge is -2.23. The highest BCUT2D eigenvalue weighted by atomic mass is 19.1. The molecule has 24 heavy (non-hydrogen) atoms. The van der Waals surface area contributed by atoms with Crippen LogP contribution in [0.25, 0.3) is 5.69 Å². The summed E-state index contributed by atoms with van der Waals surface area (Å²) < 4.78 is 21.2. The number of aliphatic hydroxyl groups excluding tert-OH is 1. The van der Waals surface area contributed by atoms with Crippen LogP contribution in [0, 0.1) is 25.6 Å². The molecule has 6 heteroatoms. The summed E-state index contributed by atoms with van der Waals surface area (Å²) in [6.45, 7) is 7.35. The van der Waals surface area contributed by atoms with Crippen LogP contribution in [-0.4, -0.2) is 52.7 Å². The summed E-state index contributed by atoms with van der Waals surface area (Å²) in [5.74, 6) is -0.154. The molecule has 1 saturated heterocycles. The fraction of sp³-hybridized carbons (Fsp3) is 0.500. The molecule has 1 aliphatic rings. The van der Waals surface area contributed by atoms with E-state index >= 15 is 0 Å². The van der Waals surface area contributed by atoms with Crippen LogP contribution in [0.4, 0.5) is 4.39 Å². The van der Waals surface area contributed by atoms with Crippen molar-refractivity contribution < 1.29 is 14.2 Å². The molecule has 1 aromatic carbocycles. The van der Waals surface area contributed by atoms with E-state index in [1.165, 1.54) is 6.07 Å². The number of rotatable bonds is 4. The number of aliphatic hydroxyl groups is 1. The van der Waals surface area contributed by atoms with Gasteiger partial charge >= 0.3 is 0 Å². The van der Waals surface area contributed by atoms with Crippen molar-refractivity contribution in [1.82, 2.24) is 14.7 Å². The highest BCUT2D eigenvalue weighted by molar-refractivity contribution is 5.42. The molecule has 2 aromatic rings. The summed E-state index contributed by atoms with van der Waals surface area (Å²) >= 11 is 0. The SMILES string of the molecule is Cc1cc(C)n(-c2ccc(F)cc2CN2CCOC[C@H](CO)C2)n1. The van der Waals surface area contributed by atoms with E-state index in [4.69, 9.17) is 4.74 Å². The van der Waals surface area contributed by atoms with Gasteiger partial charge in [0.1, 0.15) is 5.82 Å². The first-order valence-corrected chi connectivity index (χ1v) is 8.30. The third-order valence-corrected chi connectivity index (χ3v) is 4.35. The van der Waals surface area contributed by atoms with Crippen LogP contribution >= 0.6 is 0 Å². The van der Waals surface area contributed by atoms with E-state index in [9.17, 15) is 9.50 Å². The molecule has 0 amide bonds. The Morgan fingerprint density at radius 3 is 2.88 bits per heavy atom. The van der Waals surface area contributed by atoms with Crippen molar-refractivity contribution in [3.63, 3.8) is 0 Å². The molecule has 1 fully saturated rings. The van der Waals surface area contributed by atoms with Crippen LogP contribution in [0.5, 0.6) is 0 Å². The Labute approximate surface area is 141 Å². The summed E-state index contributed by atoms with van der Waals surface area (Å²) in [4.78, 5) is 2.21. The minimum atomic E-state index is -0.250. The number of benzene rings is 1. The molecule has 1 aromatic heterocycles. The molecular weight excluding hydrogens is 309 g/mol. The van der Waals surface area contributed by atoms with E-state index in [1.54, 1.807) is 12.1 Å². The molecule has 0 aliphatic carbocycles. The van der Waals surface area contributed by atoms with Crippen LogP contribution < -0.4 is 0 Å². The highest BCUT2D eigenvalue weighted by Crippen LogP contribution is 2.21. The van der Waals surface area contributed by atoms with Crippen LogP contribution in [0.1, 0.15) is 17.0 Å². The fourth-order valence-corrected chi connectivity index (χ4v) is 3.21. The molecule has 5 nitrogen and oxygen atoms in total. The van der Waals surface area contributed by atoms with Gasteiger partial charge in [-0.2, -0.15) is 5.10 Å². The second-order valence-electron chi connectivity index (χ2n) is 6.47. The summed E-state index contributed by atoms with van der Waals surface area (Å²) in [7, 11) is 0. The van der Waals surface area contributed by atoms with Gasteiger partial charge in [0.2, 0.25) is 0 Å². The zero-order valence-electron chi connectivity index (χ0n) is 14.2. The lowest BCUT2D eigenvalue weighted by molar-refractivity contribution is 0.0958. The third kappa shape index (κ3) is 3.83. The Morgan fingerprint density at radius 2 is 2.17 bits per heavy atom. The second-order valence-corrected chi connectivity index (χ2v) is 6.47. The molecule has 0 radical (unpaired) electrons. The Bertz CT molecular complexity index is 702. The molecule has 1 aliphatic heterocycles. The van der Waals surface area contributed by atoms with Crippen molar-refractivity contribution in [3.05, 3.63) is 47.0 Å². The lowest BCUT2D eigenvalue weighted by Crippen LogP contribution is -2.31. The molecule has 2 heterocycles. The number of hydrogen-bond acceptors (Lipinski definition) is 4. The van der Waals surface area contributed by atoms with Gasteiger partial charge in [-0.1, -0.05) is 0 Å². The molecule has 1 N–H and O–H groups in total. The smallest absolute Gasteiger partial charge is 0.123 e. The van der Waals surface area contributed by atoms with Gasteiger partial charge in [-0.05, 0) is 43.7 Å². The van der Waals surface area contributed by atoms with Crippen molar-refractivity contribution >= 4 is 0 Å². The van der Waals surface area contributed by atoms with E-state index < -0.39 is 0 Å². The van der Waals surface area contributed by atoms with Gasteiger partial charge in [0.15, 0.2) is 0 Å². The Balaban J connectivity index is 1.89. The number of nitrogens with zero attached hydrogens (tertiary/aromatic N) is 3. The zero-order valence-corrected chi connectivity index (χ0v) is 14.2. The lowest BCUT2D eigenvalue weighted by atomic mass is 10.1. The van der Waals surface area contributed by atoms with Crippen LogP contribution in [0.15, 0.2) is 24.3 Å². The van der Waals surface area contributed by atoms with E-state index in [1.807, 2.05) is 24.6 Å². The standard InChI is InChI=1S/C18H24FN3O2/c1-13-7-14(2)22(20-13)18-4-3-17(19)8-16(18)10-21-5-6-24-12-15(9-21)11-23/h3-4,7-8,15,23H,5-6,9-12H2,1-2H3/t15-/m0/s1. The maximum absolute atomic E-state index is 13.8. The molecule has 1 atom stereocenters. The normalized spacial score (nSPS) is 19.4. The summed E-state index contributed by atoms with van der Waals surface area (Å²) in [5, 5.41) is 14.0. The number of aryl methyl sites for hydroxylation is 2. The summed E-state index contributed by atoms with van der Waals surface area (Å²) in [6, 6.07) is 6.83. The summed E-state index contributed by atoms with van der Waals surface area (Å²) in [5.41, 5.74) is 3.74. The average Bonchev–Trinajstić information content (AvgIpc) is 2.74. The van der Waals surface area contributed by atoms with Gasteiger partial charge in [-0.3, -0.25) is 4.90 Å². The van der Waals surface area contributed by atoms with Gasteiger partial charge < -0.3 is 9.84 Å². The number of ether oxygens (including phenoxy) is 1. The van der Waals surface area contributed by atoms with Crippen LogP contribution in [-0.2, 0) is 11.3 Å². The molecule has 0 bridgehead atoms. The molecule has 130 valence electrons. The maximum atomic E-state index is 13.8. The number of halogens is 1. The third-order valence-electron chi connectivity index (χ3n) is 4.35. The van der Waals surface area contributed by atoms with Gasteiger partial charge in [-0.25, -0.2) is 9.07 Å². The van der Waals surface area contributed by atoms with Gasteiger partial charge in [0.05, 0.1) is 24.6 Å². The quantitative estimate of drug-likeness (QED) is 0.931. The van der Waals surface area contributed by atoms with Crippen molar-refractivity contribution in [2.45, 2.75) is 20.4 Å². The minimum absolute atomic E-state index is 0.0955. The first-order valence-electron chi connectivity index (χ1n) is 8.30. The van der Waals surface area contributed by atoms with E-state index in [0.29, 0.717) is 19.8 Å². The largest absolute Gasteiger partial charge is 0.396 e. The minimum Gasteiger partial charge on any atom is -0.396 e. The molecule has 0 spiro atoms. The predicted octanol–water partition coefficient (Wildman–Crippen LogP) is 2.07. The van der Waals surface area contributed by atoms with Crippen molar-refractivity contribution in [2.24, 2.45) is 5.92 Å². The average molecular weight is 333 g/mol. The van der Waals surface area contributed by atoms with Crippen LogP contribution in [0.2, 0.25) is 0 Å². The van der Waals surface area contributed by atoms with Gasteiger partial charge in [0, 0.05) is 37.9 Å². The van der Waals surface area contributed by atoms with E-state index in [2.05, 4.69) is 10.00 Å². The molecular formula is C18H24FN3O2. The van der Waals surface area contributed by atoms with Crippen LogP contribution in [0.3, 0.4) is 0 Å². The first-order chi connectivity index (χ1) is 11.6. The summed E-state index contributed by atoms with van der Waals surface area (Å²) in [6.07, 6.45) is 0. The predicted molar refractivity (Wildman–Crippen MR) is 89.7 cm³/mol. The van der Waals surface area contributed by atoms with Crippen molar-refractivity contribution in [3.8, 4) is 5.69 Å². The molecule has 0 unspecified atom stereocenters. The zero-order chi connectivity index (χ0) is 17.1. The van der Waals surface area contributed by atoms with Gasteiger partial charge in [0.25, 0.3) is 0 Å². The van der Waals surface area contributed by atoms with Crippen molar-refractivity contribution in [2.75, 3.05) is 32.9 Å². The van der Waals surface area contributed by atoms with Crippen molar-refractivity contribution in [1.29, 1.82) is 0 Å². The monoisotopic (exact) mass is 333 g/mol. The Hall–Kier alpha value is -1.76. The Kier molecular flexibility index (Phi) is 5.28. The first kappa shape index (κ1) is 17.1. The number of aromatic nitrogens is 2. The highest BCUT2D eigenvalue weighted by Gasteiger charge is 2.20. The molecule has 3 rings (SSSR count). The fourth-order valence-electron chi connectivity index (χ4n) is 3.21. The van der Waals surface area contributed by atoms with E-state index in [0.717, 1.165) is 35.7 Å². The second kappa shape index (κ2) is 7.42. The maximum Gasteiger partial charge on any atom is 0.123 e. The Morgan fingerprint density at radius 1 is 1.33 bits per heavy atom.